The summed E-state index contributed by atoms with van der Waals surface area (Å²) in [5.41, 5.74) is 0.190. The number of ether oxygens (including phenoxy) is 1. The second-order valence-corrected chi connectivity index (χ2v) is 6.20. The van der Waals surface area contributed by atoms with Crippen molar-refractivity contribution in [3.8, 4) is 5.88 Å². The summed E-state index contributed by atoms with van der Waals surface area (Å²) in [6.07, 6.45) is 1.71. The molecule has 0 spiro atoms. The van der Waals surface area contributed by atoms with Gasteiger partial charge in [-0.25, -0.2) is 4.98 Å². The number of pyridine rings is 1. The Bertz CT molecular complexity index is 449. The van der Waals surface area contributed by atoms with E-state index >= 15 is 0 Å². The molecule has 0 aliphatic carbocycles. The van der Waals surface area contributed by atoms with Crippen molar-refractivity contribution in [2.75, 3.05) is 7.11 Å². The van der Waals surface area contributed by atoms with Gasteiger partial charge < -0.3 is 14.0 Å². The van der Waals surface area contributed by atoms with Gasteiger partial charge >= 0.3 is 7.12 Å². The lowest BCUT2D eigenvalue weighted by molar-refractivity contribution is 0.00578. The first kappa shape index (κ1) is 13.8. The zero-order valence-corrected chi connectivity index (χ0v) is 12.9. The highest BCUT2D eigenvalue weighted by atomic mass is 79.9. The van der Waals surface area contributed by atoms with Crippen molar-refractivity contribution in [1.82, 2.24) is 4.98 Å². The molecule has 6 heteroatoms. The Morgan fingerprint density at radius 3 is 2.22 bits per heavy atom. The van der Waals surface area contributed by atoms with Crippen LogP contribution in [0.25, 0.3) is 0 Å². The standard InChI is InChI=1S/C12H17BBrNO3/c1-11(2)12(3,4)18-13(17-11)8-6-9(14)10(16-5)15-7-8/h6-7H,1-5H3. The highest BCUT2D eigenvalue weighted by Crippen LogP contribution is 2.36. The third-order valence-corrected chi connectivity index (χ3v) is 4.12. The predicted molar refractivity (Wildman–Crippen MR) is 74.2 cm³/mol. The highest BCUT2D eigenvalue weighted by Gasteiger charge is 2.51. The zero-order valence-electron chi connectivity index (χ0n) is 11.3. The number of hydrogen-bond donors (Lipinski definition) is 0. The maximum atomic E-state index is 5.95. The third-order valence-electron chi connectivity index (χ3n) is 3.55. The lowest BCUT2D eigenvalue weighted by atomic mass is 9.80. The molecule has 4 nitrogen and oxygen atoms in total. The van der Waals surface area contributed by atoms with Crippen LogP contribution in [0.15, 0.2) is 16.7 Å². The number of rotatable bonds is 2. The maximum absolute atomic E-state index is 5.95. The van der Waals surface area contributed by atoms with Gasteiger partial charge in [0.1, 0.15) is 0 Å². The van der Waals surface area contributed by atoms with Crippen LogP contribution in [0.4, 0.5) is 0 Å². The molecule has 0 bridgehead atoms. The van der Waals surface area contributed by atoms with Crippen LogP contribution in [0.1, 0.15) is 27.7 Å². The fourth-order valence-corrected chi connectivity index (χ4v) is 2.23. The van der Waals surface area contributed by atoms with Gasteiger partial charge in [-0.05, 0) is 49.7 Å². The Morgan fingerprint density at radius 2 is 1.78 bits per heavy atom. The van der Waals surface area contributed by atoms with Crippen LogP contribution in [0.5, 0.6) is 5.88 Å². The summed E-state index contributed by atoms with van der Waals surface area (Å²) in [5, 5.41) is 0. The molecule has 1 aliphatic rings. The van der Waals surface area contributed by atoms with Crippen molar-refractivity contribution >= 4 is 28.5 Å². The Hall–Kier alpha value is -0.585. The average molecular weight is 314 g/mol. The van der Waals surface area contributed by atoms with Crippen molar-refractivity contribution in [2.24, 2.45) is 0 Å². The number of halogens is 1. The third kappa shape index (κ3) is 2.29. The van der Waals surface area contributed by atoms with E-state index in [1.807, 2.05) is 33.8 Å². The summed E-state index contributed by atoms with van der Waals surface area (Å²) in [6, 6.07) is 1.91. The largest absolute Gasteiger partial charge is 0.496 e. The monoisotopic (exact) mass is 313 g/mol. The van der Waals surface area contributed by atoms with E-state index in [4.69, 9.17) is 14.0 Å². The van der Waals surface area contributed by atoms with E-state index in [9.17, 15) is 0 Å². The van der Waals surface area contributed by atoms with Gasteiger partial charge in [0.2, 0.25) is 5.88 Å². The van der Waals surface area contributed by atoms with Crippen molar-refractivity contribution in [3.05, 3.63) is 16.7 Å². The molecule has 1 aromatic rings. The smallest absolute Gasteiger partial charge is 0.480 e. The van der Waals surface area contributed by atoms with Gasteiger partial charge in [-0.3, -0.25) is 0 Å². The average Bonchev–Trinajstić information content (AvgIpc) is 2.48. The minimum atomic E-state index is -0.398. The van der Waals surface area contributed by atoms with E-state index in [2.05, 4.69) is 20.9 Å². The molecular formula is C12H17BBrNO3. The summed E-state index contributed by atoms with van der Waals surface area (Å²) in [7, 11) is 1.19. The minimum absolute atomic E-state index is 0.343. The Labute approximate surface area is 116 Å². The zero-order chi connectivity index (χ0) is 13.6. The predicted octanol–water partition coefficient (Wildman–Crippen LogP) is 2.15. The molecule has 2 rings (SSSR count). The van der Waals surface area contributed by atoms with Crippen molar-refractivity contribution in [3.63, 3.8) is 0 Å². The van der Waals surface area contributed by atoms with E-state index in [0.717, 1.165) is 9.94 Å². The van der Waals surface area contributed by atoms with Crippen molar-refractivity contribution in [2.45, 2.75) is 38.9 Å². The summed E-state index contributed by atoms with van der Waals surface area (Å²) in [6.45, 7) is 8.11. The van der Waals surface area contributed by atoms with E-state index in [1.54, 1.807) is 13.3 Å². The number of nitrogens with zero attached hydrogens (tertiary/aromatic N) is 1. The lowest BCUT2D eigenvalue weighted by Gasteiger charge is -2.32. The molecule has 0 radical (unpaired) electrons. The second-order valence-electron chi connectivity index (χ2n) is 5.35. The van der Waals surface area contributed by atoms with Crippen LogP contribution in [-0.4, -0.2) is 30.4 Å². The van der Waals surface area contributed by atoms with Gasteiger partial charge in [-0.1, -0.05) is 0 Å². The molecule has 2 heterocycles. The van der Waals surface area contributed by atoms with Gasteiger partial charge in [-0.2, -0.15) is 0 Å². The van der Waals surface area contributed by atoms with Crippen molar-refractivity contribution in [1.29, 1.82) is 0 Å². The first-order valence-electron chi connectivity index (χ1n) is 5.82. The summed E-state index contributed by atoms with van der Waals surface area (Å²) in [5.74, 6) is 0.551. The molecular weight excluding hydrogens is 297 g/mol. The molecule has 0 N–H and O–H groups in total. The van der Waals surface area contributed by atoms with Crippen LogP contribution in [0.2, 0.25) is 0 Å². The van der Waals surface area contributed by atoms with Crippen LogP contribution in [0, 0.1) is 0 Å². The van der Waals surface area contributed by atoms with Gasteiger partial charge in [-0.15, -0.1) is 0 Å². The van der Waals surface area contributed by atoms with E-state index in [0.29, 0.717) is 5.88 Å². The molecule has 0 saturated carbocycles. The lowest BCUT2D eigenvalue weighted by Crippen LogP contribution is -2.41. The topological polar surface area (TPSA) is 40.6 Å². The molecule has 1 aromatic heterocycles. The van der Waals surface area contributed by atoms with Gasteiger partial charge in [0.25, 0.3) is 0 Å². The maximum Gasteiger partial charge on any atom is 0.496 e. The van der Waals surface area contributed by atoms with Crippen LogP contribution < -0.4 is 10.2 Å². The quantitative estimate of drug-likeness (QED) is 0.785. The van der Waals surface area contributed by atoms with Gasteiger partial charge in [0, 0.05) is 11.7 Å². The van der Waals surface area contributed by atoms with Gasteiger partial charge in [0.15, 0.2) is 0 Å². The Balaban J connectivity index is 2.27. The Kier molecular flexibility index (Phi) is 3.47. The van der Waals surface area contributed by atoms with Crippen LogP contribution >= 0.6 is 15.9 Å². The number of aromatic nitrogens is 1. The fourth-order valence-electron chi connectivity index (χ4n) is 1.70. The SMILES string of the molecule is COc1ncc(B2OC(C)(C)C(C)(C)O2)cc1Br. The molecule has 1 fully saturated rings. The molecule has 1 saturated heterocycles. The van der Waals surface area contributed by atoms with Crippen LogP contribution in [-0.2, 0) is 9.31 Å². The first-order valence-corrected chi connectivity index (χ1v) is 6.61. The normalized spacial score (nSPS) is 21.1. The highest BCUT2D eigenvalue weighted by molar-refractivity contribution is 9.10. The van der Waals surface area contributed by atoms with Crippen LogP contribution in [0.3, 0.4) is 0 Å². The van der Waals surface area contributed by atoms with E-state index < -0.39 is 7.12 Å². The molecule has 0 atom stereocenters. The molecule has 18 heavy (non-hydrogen) atoms. The molecule has 0 unspecified atom stereocenters. The number of methoxy groups -OCH3 is 1. The molecule has 1 aliphatic heterocycles. The van der Waals surface area contributed by atoms with E-state index in [-0.39, 0.29) is 11.2 Å². The minimum Gasteiger partial charge on any atom is -0.480 e. The van der Waals surface area contributed by atoms with Gasteiger partial charge in [0.05, 0.1) is 22.8 Å². The Morgan fingerprint density at radius 1 is 1.22 bits per heavy atom. The number of hydrogen-bond acceptors (Lipinski definition) is 4. The van der Waals surface area contributed by atoms with E-state index in [1.165, 1.54) is 0 Å². The summed E-state index contributed by atoms with van der Waals surface area (Å²) in [4.78, 5) is 4.21. The fraction of sp³-hybridized carbons (Fsp3) is 0.583. The molecule has 0 amide bonds. The van der Waals surface area contributed by atoms with Crippen molar-refractivity contribution < 1.29 is 14.0 Å². The summed E-state index contributed by atoms with van der Waals surface area (Å²) < 4.78 is 17.8. The summed E-state index contributed by atoms with van der Waals surface area (Å²) >= 11 is 3.41. The molecule has 0 aromatic carbocycles. The first-order chi connectivity index (χ1) is 8.27. The molecule has 98 valence electrons. The second kappa shape index (κ2) is 4.51.